The number of aromatic nitrogens is 1. The number of aryl methyl sites for hydroxylation is 1. The number of fused-ring (bicyclic) bond motifs is 1. The maximum absolute atomic E-state index is 12.5. The second-order valence-corrected chi connectivity index (χ2v) is 6.45. The third-order valence-corrected chi connectivity index (χ3v) is 4.32. The van der Waals surface area contributed by atoms with Crippen molar-refractivity contribution >= 4 is 5.91 Å². The van der Waals surface area contributed by atoms with Crippen molar-refractivity contribution in [2.45, 2.75) is 57.1 Å². The van der Waals surface area contributed by atoms with Gasteiger partial charge in [-0.25, -0.2) is 0 Å². The minimum absolute atomic E-state index is 0.0721. The van der Waals surface area contributed by atoms with Crippen LogP contribution in [0.25, 0.3) is 0 Å². The molecule has 0 aromatic carbocycles. The second kappa shape index (κ2) is 5.17. The van der Waals surface area contributed by atoms with Gasteiger partial charge >= 0.3 is 0 Å². The van der Waals surface area contributed by atoms with Crippen LogP contribution in [-0.2, 0) is 16.0 Å². The lowest BCUT2D eigenvalue weighted by Gasteiger charge is -2.36. The van der Waals surface area contributed by atoms with Crippen LogP contribution in [0, 0.1) is 0 Å². The molecule has 1 N–H and O–H groups in total. The summed E-state index contributed by atoms with van der Waals surface area (Å²) in [4.78, 5) is 16.9. The molecule has 1 fully saturated rings. The van der Waals surface area contributed by atoms with Crippen LogP contribution in [0.4, 0.5) is 0 Å². The predicted molar refractivity (Wildman–Crippen MR) is 76.5 cm³/mol. The van der Waals surface area contributed by atoms with Crippen LogP contribution in [-0.4, -0.2) is 29.1 Å². The predicted octanol–water partition coefficient (Wildman–Crippen LogP) is 2.19. The fourth-order valence-corrected chi connectivity index (χ4v) is 3.32. The van der Waals surface area contributed by atoms with E-state index in [2.05, 4.69) is 30.2 Å². The minimum atomic E-state index is -0.137. The van der Waals surface area contributed by atoms with Crippen molar-refractivity contribution in [1.29, 1.82) is 0 Å². The number of nitrogens with zero attached hydrogens (tertiary/aromatic N) is 1. The number of carbonyl (C=O) groups excluding carboxylic acids is 1. The zero-order valence-electron chi connectivity index (χ0n) is 12.2. The van der Waals surface area contributed by atoms with Crippen molar-refractivity contribution < 1.29 is 9.53 Å². The van der Waals surface area contributed by atoms with Gasteiger partial charge in [-0.15, -0.1) is 0 Å². The number of ether oxygens (including phenoxy) is 1. The number of hydrogen-bond donors (Lipinski definition) is 1. The molecular formula is C16H22N2O2. The monoisotopic (exact) mass is 274 g/mol. The topological polar surface area (TPSA) is 51.2 Å². The summed E-state index contributed by atoms with van der Waals surface area (Å²) in [5.74, 6) is 0.0577. The molecule has 0 saturated carbocycles. The normalized spacial score (nSPS) is 27.9. The third-order valence-electron chi connectivity index (χ3n) is 4.32. The molecule has 1 aliphatic heterocycles. The smallest absolute Gasteiger partial charge is 0.229 e. The lowest BCUT2D eigenvalue weighted by Crippen LogP contribution is -2.46. The molecule has 2 unspecified atom stereocenters. The highest BCUT2D eigenvalue weighted by molar-refractivity contribution is 5.84. The molecule has 2 heterocycles. The van der Waals surface area contributed by atoms with Gasteiger partial charge in [0.25, 0.3) is 0 Å². The Morgan fingerprint density at radius 3 is 3.10 bits per heavy atom. The maximum Gasteiger partial charge on any atom is 0.229 e. The van der Waals surface area contributed by atoms with Gasteiger partial charge in [0.05, 0.1) is 17.2 Å². The molecule has 20 heavy (non-hydrogen) atoms. The molecule has 1 aromatic heterocycles. The summed E-state index contributed by atoms with van der Waals surface area (Å²) >= 11 is 0. The fraction of sp³-hybridized carbons (Fsp3) is 0.625. The van der Waals surface area contributed by atoms with Crippen LogP contribution in [0.1, 0.15) is 50.3 Å². The van der Waals surface area contributed by atoms with E-state index < -0.39 is 0 Å². The zero-order valence-corrected chi connectivity index (χ0v) is 12.2. The zero-order chi connectivity index (χ0) is 14.2. The van der Waals surface area contributed by atoms with Crippen LogP contribution in [0.3, 0.4) is 0 Å². The van der Waals surface area contributed by atoms with Crippen LogP contribution < -0.4 is 5.32 Å². The van der Waals surface area contributed by atoms with Gasteiger partial charge in [0, 0.05) is 18.8 Å². The van der Waals surface area contributed by atoms with Gasteiger partial charge in [0.1, 0.15) is 0 Å². The molecule has 2 aliphatic rings. The number of pyridine rings is 1. The van der Waals surface area contributed by atoms with Crippen molar-refractivity contribution in [3.05, 3.63) is 29.6 Å². The van der Waals surface area contributed by atoms with Crippen LogP contribution in [0.2, 0.25) is 0 Å². The van der Waals surface area contributed by atoms with Gasteiger partial charge in [-0.3, -0.25) is 9.78 Å². The van der Waals surface area contributed by atoms with Crippen LogP contribution in [0.15, 0.2) is 18.3 Å². The van der Waals surface area contributed by atoms with Crippen molar-refractivity contribution in [2.75, 3.05) is 6.61 Å². The summed E-state index contributed by atoms with van der Waals surface area (Å²) in [5, 5.41) is 3.20. The Balaban J connectivity index is 1.66. The van der Waals surface area contributed by atoms with Gasteiger partial charge in [-0.1, -0.05) is 6.07 Å². The molecule has 1 aliphatic carbocycles. The first-order valence-electron chi connectivity index (χ1n) is 7.43. The van der Waals surface area contributed by atoms with Gasteiger partial charge in [0.15, 0.2) is 0 Å². The van der Waals surface area contributed by atoms with Crippen LogP contribution in [0.5, 0.6) is 0 Å². The van der Waals surface area contributed by atoms with Gasteiger partial charge in [-0.05, 0) is 51.2 Å². The highest BCUT2D eigenvalue weighted by atomic mass is 16.5. The van der Waals surface area contributed by atoms with Crippen molar-refractivity contribution in [2.24, 2.45) is 0 Å². The minimum Gasteiger partial charge on any atom is -0.375 e. The van der Waals surface area contributed by atoms with Gasteiger partial charge < -0.3 is 10.1 Å². The number of amides is 1. The lowest BCUT2D eigenvalue weighted by atomic mass is 9.93. The molecule has 0 radical (unpaired) electrons. The van der Waals surface area contributed by atoms with E-state index in [-0.39, 0.29) is 23.5 Å². The SMILES string of the molecule is CC1(C)CC(NC(=O)C2CCc3cccnc32)CCO1. The first-order valence-corrected chi connectivity index (χ1v) is 7.43. The molecular weight excluding hydrogens is 252 g/mol. The largest absolute Gasteiger partial charge is 0.375 e. The molecule has 1 aromatic rings. The van der Waals surface area contributed by atoms with E-state index in [1.807, 2.05) is 6.07 Å². The molecule has 1 saturated heterocycles. The first kappa shape index (κ1) is 13.6. The van der Waals surface area contributed by atoms with E-state index in [4.69, 9.17) is 4.74 Å². The van der Waals surface area contributed by atoms with E-state index in [9.17, 15) is 4.79 Å². The van der Waals surface area contributed by atoms with Crippen LogP contribution >= 0.6 is 0 Å². The van der Waals surface area contributed by atoms with E-state index in [0.29, 0.717) is 0 Å². The quantitative estimate of drug-likeness (QED) is 0.899. The highest BCUT2D eigenvalue weighted by Gasteiger charge is 2.34. The number of nitrogens with one attached hydrogen (secondary N) is 1. The number of carbonyl (C=O) groups is 1. The van der Waals surface area contributed by atoms with E-state index in [1.54, 1.807) is 6.20 Å². The summed E-state index contributed by atoms with van der Waals surface area (Å²) in [5.41, 5.74) is 2.05. The standard InChI is InChI=1S/C16H22N2O2/c1-16(2)10-12(7-9-20-16)18-15(19)13-6-5-11-4-3-8-17-14(11)13/h3-4,8,12-13H,5-7,9-10H2,1-2H3,(H,18,19). The molecule has 108 valence electrons. The van der Waals surface area contributed by atoms with Crippen molar-refractivity contribution in [3.8, 4) is 0 Å². The van der Waals surface area contributed by atoms with Crippen molar-refractivity contribution in [3.63, 3.8) is 0 Å². The Morgan fingerprint density at radius 2 is 2.30 bits per heavy atom. The van der Waals surface area contributed by atoms with E-state index >= 15 is 0 Å². The molecule has 1 amide bonds. The highest BCUT2D eigenvalue weighted by Crippen LogP contribution is 2.32. The Kier molecular flexibility index (Phi) is 3.50. The molecule has 4 heteroatoms. The first-order chi connectivity index (χ1) is 9.55. The Bertz CT molecular complexity index is 513. The molecule has 0 spiro atoms. The molecule has 3 rings (SSSR count). The molecule has 4 nitrogen and oxygen atoms in total. The summed E-state index contributed by atoms with van der Waals surface area (Å²) in [6, 6.07) is 4.24. The average molecular weight is 274 g/mol. The number of rotatable bonds is 2. The summed E-state index contributed by atoms with van der Waals surface area (Å²) in [6.45, 7) is 4.88. The summed E-state index contributed by atoms with van der Waals surface area (Å²) < 4.78 is 5.70. The fourth-order valence-electron chi connectivity index (χ4n) is 3.32. The Labute approximate surface area is 119 Å². The third kappa shape index (κ3) is 2.70. The van der Waals surface area contributed by atoms with E-state index in [1.165, 1.54) is 5.56 Å². The lowest BCUT2D eigenvalue weighted by molar-refractivity contribution is -0.125. The van der Waals surface area contributed by atoms with Gasteiger partial charge in [-0.2, -0.15) is 0 Å². The summed E-state index contributed by atoms with van der Waals surface area (Å²) in [6.07, 6.45) is 5.39. The van der Waals surface area contributed by atoms with E-state index in [0.717, 1.165) is 38.0 Å². The molecule has 2 atom stereocenters. The average Bonchev–Trinajstić information content (AvgIpc) is 2.81. The second-order valence-electron chi connectivity index (χ2n) is 6.45. The Hall–Kier alpha value is -1.42. The number of hydrogen-bond acceptors (Lipinski definition) is 3. The van der Waals surface area contributed by atoms with Gasteiger partial charge in [0.2, 0.25) is 5.91 Å². The maximum atomic E-state index is 12.5. The molecule has 0 bridgehead atoms. The summed E-state index contributed by atoms with van der Waals surface area (Å²) in [7, 11) is 0. The Morgan fingerprint density at radius 1 is 1.45 bits per heavy atom. The van der Waals surface area contributed by atoms with Crippen molar-refractivity contribution in [1.82, 2.24) is 10.3 Å².